The monoisotopic (exact) mass is 418 g/mol. The molecule has 10 heteroatoms. The van der Waals surface area contributed by atoms with Gasteiger partial charge in [-0.1, -0.05) is 13.8 Å². The Kier molecular flexibility index (Phi) is 4.81. The van der Waals surface area contributed by atoms with Crippen LogP contribution < -0.4 is 15.4 Å². The van der Waals surface area contributed by atoms with Crippen LogP contribution >= 0.6 is 0 Å². The van der Waals surface area contributed by atoms with Gasteiger partial charge < -0.3 is 15.4 Å². The molecule has 2 aliphatic rings. The Hall–Kier alpha value is -2.88. The van der Waals surface area contributed by atoms with Crippen LogP contribution in [-0.2, 0) is 14.6 Å². The average molecular weight is 418 g/mol. The van der Waals surface area contributed by atoms with E-state index >= 15 is 0 Å². The minimum absolute atomic E-state index is 0.0367. The summed E-state index contributed by atoms with van der Waals surface area (Å²) in [7, 11) is -3.07. The van der Waals surface area contributed by atoms with E-state index in [1.54, 1.807) is 28.9 Å². The number of amides is 2. The zero-order chi connectivity index (χ0) is 20.8. The zero-order valence-electron chi connectivity index (χ0n) is 16.1. The molecule has 1 aromatic heterocycles. The van der Waals surface area contributed by atoms with Gasteiger partial charge in [0.25, 0.3) is 11.8 Å². The number of sulfone groups is 1. The summed E-state index contributed by atoms with van der Waals surface area (Å²) in [5, 5.41) is 9.88. The van der Waals surface area contributed by atoms with Crippen molar-refractivity contribution in [2.24, 2.45) is 0 Å². The lowest BCUT2D eigenvalue weighted by atomic mass is 10.1. The molecular formula is C19H22N4O5S. The van der Waals surface area contributed by atoms with Crippen molar-refractivity contribution in [2.45, 2.75) is 32.2 Å². The van der Waals surface area contributed by atoms with E-state index < -0.39 is 15.7 Å². The van der Waals surface area contributed by atoms with Crippen molar-refractivity contribution in [1.29, 1.82) is 0 Å². The highest BCUT2D eigenvalue weighted by Gasteiger charge is 2.32. The molecule has 9 nitrogen and oxygen atoms in total. The van der Waals surface area contributed by atoms with Crippen LogP contribution in [0.15, 0.2) is 24.3 Å². The van der Waals surface area contributed by atoms with Gasteiger partial charge in [0, 0.05) is 11.4 Å². The number of benzene rings is 1. The average Bonchev–Trinajstić information content (AvgIpc) is 3.25. The lowest BCUT2D eigenvalue weighted by molar-refractivity contribution is -0.118. The number of hydrogen-bond donors (Lipinski definition) is 2. The Morgan fingerprint density at radius 2 is 2.14 bits per heavy atom. The van der Waals surface area contributed by atoms with Crippen LogP contribution in [0.3, 0.4) is 0 Å². The molecule has 0 radical (unpaired) electrons. The Morgan fingerprint density at radius 3 is 2.83 bits per heavy atom. The molecule has 4 rings (SSSR count). The molecule has 0 bridgehead atoms. The van der Waals surface area contributed by atoms with Gasteiger partial charge in [-0.3, -0.25) is 14.3 Å². The summed E-state index contributed by atoms with van der Waals surface area (Å²) in [5.74, 6) is 0.140. The fourth-order valence-corrected chi connectivity index (χ4v) is 5.26. The Balaban J connectivity index is 1.57. The molecular weight excluding hydrogens is 396 g/mol. The molecule has 3 heterocycles. The van der Waals surface area contributed by atoms with E-state index in [9.17, 15) is 18.0 Å². The molecule has 2 N–H and O–H groups in total. The molecule has 2 aliphatic heterocycles. The van der Waals surface area contributed by atoms with Crippen LogP contribution in [0, 0.1) is 0 Å². The second-order valence-electron chi connectivity index (χ2n) is 7.61. The van der Waals surface area contributed by atoms with Crippen LogP contribution in [-0.4, -0.2) is 48.1 Å². The first-order valence-electron chi connectivity index (χ1n) is 9.40. The third-order valence-corrected chi connectivity index (χ3v) is 6.76. The predicted octanol–water partition coefficient (Wildman–Crippen LogP) is 1.95. The lowest BCUT2D eigenvalue weighted by Gasteiger charge is -2.18. The number of carbonyl (C=O) groups is 2. The maximum atomic E-state index is 12.8. The quantitative estimate of drug-likeness (QED) is 0.783. The third kappa shape index (κ3) is 3.98. The number of carbonyl (C=O) groups excluding carboxylic acids is 2. The third-order valence-electron chi connectivity index (χ3n) is 5.01. The minimum Gasteiger partial charge on any atom is -0.482 e. The van der Waals surface area contributed by atoms with E-state index in [2.05, 4.69) is 15.7 Å². The molecule has 0 saturated carbocycles. The van der Waals surface area contributed by atoms with Crippen LogP contribution in [0.5, 0.6) is 5.75 Å². The highest BCUT2D eigenvalue weighted by molar-refractivity contribution is 7.91. The van der Waals surface area contributed by atoms with Gasteiger partial charge in [-0.15, -0.1) is 0 Å². The van der Waals surface area contributed by atoms with Crippen LogP contribution in [0.2, 0.25) is 0 Å². The van der Waals surface area contributed by atoms with Crippen LogP contribution in [0.1, 0.15) is 48.4 Å². The van der Waals surface area contributed by atoms with E-state index in [0.29, 0.717) is 23.5 Å². The van der Waals surface area contributed by atoms with E-state index in [4.69, 9.17) is 4.74 Å². The molecule has 29 heavy (non-hydrogen) atoms. The van der Waals surface area contributed by atoms with Crippen molar-refractivity contribution in [3.05, 3.63) is 35.7 Å². The number of nitrogens with one attached hydrogen (secondary N) is 2. The van der Waals surface area contributed by atoms with Crippen molar-refractivity contribution in [1.82, 2.24) is 9.78 Å². The SMILES string of the molecule is CC(C)c1cc(C(=O)Nc2ccc3c(c2)NC(=O)CO3)nn1[C@H]1CCS(=O)(=O)C1. The standard InChI is InChI=1S/C19H22N4O5S/c1-11(2)16-8-15(22-23(16)13-5-6-29(26,27)10-13)19(25)20-12-3-4-17-14(7-12)21-18(24)9-28-17/h3-4,7-8,11,13H,5-6,9-10H2,1-2H3,(H,20,25)(H,21,24)/t13-/m0/s1. The first-order valence-corrected chi connectivity index (χ1v) is 11.2. The van der Waals surface area contributed by atoms with Gasteiger partial charge in [0.1, 0.15) is 5.75 Å². The minimum atomic E-state index is -3.07. The summed E-state index contributed by atoms with van der Waals surface area (Å²) in [4.78, 5) is 24.2. The summed E-state index contributed by atoms with van der Waals surface area (Å²) in [5.41, 5.74) is 2.02. The first kappa shape index (κ1) is 19.4. The van der Waals surface area contributed by atoms with Gasteiger partial charge in [-0.25, -0.2) is 8.42 Å². The van der Waals surface area contributed by atoms with Gasteiger partial charge in [0.2, 0.25) is 0 Å². The van der Waals surface area contributed by atoms with Crippen molar-refractivity contribution in [2.75, 3.05) is 28.7 Å². The molecule has 0 aliphatic carbocycles. The van der Waals surface area contributed by atoms with E-state index in [0.717, 1.165) is 5.69 Å². The van der Waals surface area contributed by atoms with Gasteiger partial charge in [0.15, 0.2) is 22.1 Å². The summed E-state index contributed by atoms with van der Waals surface area (Å²) >= 11 is 0. The van der Waals surface area contributed by atoms with Crippen molar-refractivity contribution < 1.29 is 22.7 Å². The maximum absolute atomic E-state index is 12.8. The lowest BCUT2D eigenvalue weighted by Crippen LogP contribution is -2.25. The molecule has 1 fully saturated rings. The fourth-order valence-electron chi connectivity index (χ4n) is 3.57. The summed E-state index contributed by atoms with van der Waals surface area (Å²) in [6, 6.07) is 6.42. The van der Waals surface area contributed by atoms with Gasteiger partial charge in [0.05, 0.1) is 23.2 Å². The molecule has 2 amide bonds. The second kappa shape index (κ2) is 7.18. The Labute approximate surface area is 168 Å². The molecule has 1 atom stereocenters. The molecule has 1 saturated heterocycles. The van der Waals surface area contributed by atoms with Gasteiger partial charge in [-0.2, -0.15) is 5.10 Å². The normalized spacial score (nSPS) is 20.1. The summed E-state index contributed by atoms with van der Waals surface area (Å²) in [6.07, 6.45) is 0.495. The van der Waals surface area contributed by atoms with Gasteiger partial charge in [-0.05, 0) is 36.6 Å². The van der Waals surface area contributed by atoms with E-state index in [1.807, 2.05) is 13.8 Å². The van der Waals surface area contributed by atoms with Crippen molar-refractivity contribution >= 4 is 33.0 Å². The fraction of sp³-hybridized carbons (Fsp3) is 0.421. The molecule has 0 unspecified atom stereocenters. The summed E-state index contributed by atoms with van der Waals surface area (Å²) < 4.78 is 30.7. The Bertz CT molecular complexity index is 1090. The second-order valence-corrected chi connectivity index (χ2v) is 9.84. The molecule has 154 valence electrons. The number of nitrogens with zero attached hydrogens (tertiary/aromatic N) is 2. The van der Waals surface area contributed by atoms with Crippen LogP contribution in [0.25, 0.3) is 0 Å². The smallest absolute Gasteiger partial charge is 0.276 e. The largest absolute Gasteiger partial charge is 0.482 e. The number of anilines is 2. The molecule has 1 aromatic carbocycles. The Morgan fingerprint density at radius 1 is 1.34 bits per heavy atom. The number of rotatable bonds is 4. The topological polar surface area (TPSA) is 119 Å². The number of fused-ring (bicyclic) bond motifs is 1. The molecule has 0 spiro atoms. The highest BCUT2D eigenvalue weighted by atomic mass is 32.2. The van der Waals surface area contributed by atoms with Crippen molar-refractivity contribution in [3.63, 3.8) is 0 Å². The molecule has 2 aromatic rings. The predicted molar refractivity (Wildman–Crippen MR) is 107 cm³/mol. The van der Waals surface area contributed by atoms with E-state index in [-0.39, 0.29) is 41.7 Å². The maximum Gasteiger partial charge on any atom is 0.276 e. The number of aromatic nitrogens is 2. The van der Waals surface area contributed by atoms with Crippen LogP contribution in [0.4, 0.5) is 11.4 Å². The number of ether oxygens (including phenoxy) is 1. The summed E-state index contributed by atoms with van der Waals surface area (Å²) in [6.45, 7) is 3.92. The number of hydrogen-bond acceptors (Lipinski definition) is 6. The van der Waals surface area contributed by atoms with Gasteiger partial charge >= 0.3 is 0 Å². The van der Waals surface area contributed by atoms with Crippen molar-refractivity contribution in [3.8, 4) is 5.75 Å². The highest BCUT2D eigenvalue weighted by Crippen LogP contribution is 2.31. The first-order chi connectivity index (χ1) is 13.7. The van der Waals surface area contributed by atoms with E-state index in [1.165, 1.54) is 0 Å². The zero-order valence-corrected chi connectivity index (χ0v) is 17.0.